The van der Waals surface area contributed by atoms with Crippen LogP contribution >= 0.6 is 0 Å². The molecule has 1 aromatic heterocycles. The number of benzene rings is 2. The predicted molar refractivity (Wildman–Crippen MR) is 121 cm³/mol. The number of hydrogen-bond acceptors (Lipinski definition) is 6. The molecule has 0 unspecified atom stereocenters. The molecule has 2 N–H and O–H groups in total. The third-order valence-electron chi connectivity index (χ3n) is 6.73. The average Bonchev–Trinajstić information content (AvgIpc) is 3.28. The average molecular weight is 467 g/mol. The van der Waals surface area contributed by atoms with Crippen molar-refractivity contribution >= 4 is 27.6 Å². The first-order valence-corrected chi connectivity index (χ1v) is 12.2. The highest BCUT2D eigenvalue weighted by Crippen LogP contribution is 2.58. The minimum Gasteiger partial charge on any atom is -0.495 e. The van der Waals surface area contributed by atoms with E-state index in [-0.39, 0.29) is 27.9 Å². The molecule has 9 nitrogen and oxygen atoms in total. The lowest BCUT2D eigenvalue weighted by Crippen LogP contribution is -2.28. The fraction of sp³-hybridized carbons (Fsp3) is 0.304. The van der Waals surface area contributed by atoms with Gasteiger partial charge < -0.3 is 14.6 Å². The fourth-order valence-corrected chi connectivity index (χ4v) is 6.09. The highest BCUT2D eigenvalue weighted by molar-refractivity contribution is 7.92. The van der Waals surface area contributed by atoms with Gasteiger partial charge in [0.15, 0.2) is 11.6 Å². The van der Waals surface area contributed by atoms with Crippen molar-refractivity contribution in [1.82, 2.24) is 10.5 Å². The van der Waals surface area contributed by atoms with Gasteiger partial charge in [-0.25, -0.2) is 13.2 Å². The molecule has 2 aromatic carbocycles. The number of anilines is 2. The summed E-state index contributed by atoms with van der Waals surface area (Å²) < 4.78 is 39.8. The second-order valence-electron chi connectivity index (χ2n) is 8.67. The van der Waals surface area contributed by atoms with E-state index in [2.05, 4.69) is 21.3 Å². The molecule has 2 heterocycles. The predicted octanol–water partition coefficient (Wildman–Crippen LogP) is 3.27. The third kappa shape index (κ3) is 3.08. The Morgan fingerprint density at radius 3 is 2.76 bits per heavy atom. The first-order valence-electron chi connectivity index (χ1n) is 10.8. The topological polar surface area (TPSA) is 114 Å². The Kier molecular flexibility index (Phi) is 4.25. The van der Waals surface area contributed by atoms with E-state index in [0.717, 1.165) is 35.2 Å². The van der Waals surface area contributed by atoms with Crippen molar-refractivity contribution in [3.63, 3.8) is 0 Å². The number of para-hydroxylation sites is 1. The van der Waals surface area contributed by atoms with Crippen molar-refractivity contribution in [3.8, 4) is 17.1 Å². The summed E-state index contributed by atoms with van der Waals surface area (Å²) in [6, 6.07) is 12.3. The molecule has 1 saturated heterocycles. The van der Waals surface area contributed by atoms with Crippen LogP contribution in [0, 0.1) is 0 Å². The summed E-state index contributed by atoms with van der Waals surface area (Å²) in [4.78, 5) is 13.9. The summed E-state index contributed by atoms with van der Waals surface area (Å²) in [5.41, 5.74) is 3.49. The molecular weight excluding hydrogens is 444 g/mol. The van der Waals surface area contributed by atoms with Crippen molar-refractivity contribution in [2.45, 2.75) is 29.6 Å². The highest BCUT2D eigenvalue weighted by Gasteiger charge is 2.50. The molecule has 6 rings (SSSR count). The molecule has 2 amide bonds. The number of sulfonamides is 1. The van der Waals surface area contributed by atoms with Crippen molar-refractivity contribution in [1.29, 1.82) is 0 Å². The molecule has 33 heavy (non-hydrogen) atoms. The van der Waals surface area contributed by atoms with Gasteiger partial charge in [-0.15, -0.1) is 0 Å². The fourth-order valence-electron chi connectivity index (χ4n) is 4.89. The van der Waals surface area contributed by atoms with Gasteiger partial charge in [0.2, 0.25) is 0 Å². The summed E-state index contributed by atoms with van der Waals surface area (Å²) in [5, 5.41) is 6.91. The van der Waals surface area contributed by atoms with Crippen LogP contribution in [0.15, 0.2) is 51.9 Å². The van der Waals surface area contributed by atoms with Crippen molar-refractivity contribution in [2.75, 3.05) is 29.8 Å². The number of nitrogens with one attached hydrogen (secondary N) is 2. The summed E-state index contributed by atoms with van der Waals surface area (Å²) >= 11 is 0. The molecule has 0 radical (unpaired) electrons. The van der Waals surface area contributed by atoms with Crippen LogP contribution in [-0.2, 0) is 21.9 Å². The molecule has 0 atom stereocenters. The van der Waals surface area contributed by atoms with Crippen LogP contribution in [-0.4, -0.2) is 39.8 Å². The number of rotatable bonds is 5. The van der Waals surface area contributed by atoms with E-state index < -0.39 is 10.0 Å². The smallest absolute Gasteiger partial charge is 0.321 e. The van der Waals surface area contributed by atoms with Gasteiger partial charge in [-0.1, -0.05) is 23.4 Å². The van der Waals surface area contributed by atoms with Crippen molar-refractivity contribution in [3.05, 3.63) is 53.6 Å². The summed E-state index contributed by atoms with van der Waals surface area (Å²) in [6.07, 6.45) is 2.66. The van der Waals surface area contributed by atoms with E-state index in [1.165, 1.54) is 13.2 Å². The van der Waals surface area contributed by atoms with Crippen LogP contribution in [0.4, 0.5) is 16.3 Å². The Balaban J connectivity index is 1.41. The molecule has 2 fully saturated rings. The van der Waals surface area contributed by atoms with Crippen molar-refractivity contribution < 1.29 is 22.5 Å². The van der Waals surface area contributed by atoms with Crippen LogP contribution in [0.3, 0.4) is 0 Å². The van der Waals surface area contributed by atoms with Gasteiger partial charge in [0, 0.05) is 35.3 Å². The molecule has 0 bridgehead atoms. The number of aromatic nitrogens is 1. The Bertz CT molecular complexity index is 1390. The Morgan fingerprint density at radius 1 is 1.21 bits per heavy atom. The van der Waals surface area contributed by atoms with Crippen molar-refractivity contribution in [2.24, 2.45) is 0 Å². The largest absolute Gasteiger partial charge is 0.495 e. The second kappa shape index (κ2) is 6.98. The molecule has 1 spiro atoms. The van der Waals surface area contributed by atoms with E-state index >= 15 is 0 Å². The lowest BCUT2D eigenvalue weighted by Gasteiger charge is -2.26. The second-order valence-corrected chi connectivity index (χ2v) is 10.3. The van der Waals surface area contributed by atoms with E-state index in [4.69, 9.17) is 9.26 Å². The Labute approximate surface area is 190 Å². The molecule has 3 aromatic rings. The number of carbonyl (C=O) groups excluding carboxylic acids is 1. The van der Waals surface area contributed by atoms with E-state index in [1.54, 1.807) is 23.1 Å². The maximum atomic E-state index is 13.1. The molecule has 2 aliphatic carbocycles. The summed E-state index contributed by atoms with van der Waals surface area (Å²) in [6.45, 7) is 1.19. The van der Waals surface area contributed by atoms with Gasteiger partial charge in [-0.05, 0) is 49.1 Å². The molecular formula is C23H22N4O5S. The molecule has 170 valence electrons. The number of methoxy groups -OCH3 is 1. The number of hydrogen-bond donors (Lipinski definition) is 2. The standard InChI is InChI=1S/C23H22N4O5S/c1-31-18-4-2-3-5-19(18)33(29,30)26-21-16-13-23(8-9-23)17-7-6-14(27-11-10-24-22(27)28)12-15(17)20(16)32-25-21/h2-7,12H,8-11,13H2,1H3,(H,24,28)(H,25,26). The zero-order chi connectivity index (χ0) is 22.8. The number of fused-ring (bicyclic) bond motifs is 4. The SMILES string of the molecule is COc1ccccc1S(=O)(=O)Nc1noc2c1CC1(CC1)c1ccc(N3CCNC3=O)cc1-2. The minimum absolute atomic E-state index is 0.0314. The maximum absolute atomic E-state index is 13.1. The van der Waals surface area contributed by atoms with Crippen LogP contribution in [0.5, 0.6) is 5.75 Å². The first-order chi connectivity index (χ1) is 15.9. The van der Waals surface area contributed by atoms with E-state index in [0.29, 0.717) is 25.3 Å². The number of ether oxygens (including phenoxy) is 1. The molecule has 10 heteroatoms. The summed E-state index contributed by atoms with van der Waals surface area (Å²) in [7, 11) is -2.51. The Morgan fingerprint density at radius 2 is 2.03 bits per heavy atom. The minimum atomic E-state index is -3.94. The number of carbonyl (C=O) groups is 1. The van der Waals surface area contributed by atoms with E-state index in [1.807, 2.05) is 12.1 Å². The van der Waals surface area contributed by atoms with E-state index in [9.17, 15) is 13.2 Å². The van der Waals surface area contributed by atoms with Gasteiger partial charge in [0.25, 0.3) is 10.0 Å². The monoisotopic (exact) mass is 466 g/mol. The van der Waals surface area contributed by atoms with Crippen LogP contribution in [0.2, 0.25) is 0 Å². The maximum Gasteiger partial charge on any atom is 0.321 e. The highest BCUT2D eigenvalue weighted by atomic mass is 32.2. The number of amides is 2. The number of nitrogens with zero attached hydrogens (tertiary/aromatic N) is 2. The molecule has 1 aliphatic heterocycles. The van der Waals surface area contributed by atoms with Crippen LogP contribution < -0.4 is 19.7 Å². The first kappa shape index (κ1) is 20.1. The van der Waals surface area contributed by atoms with Gasteiger partial charge in [-0.3, -0.25) is 9.62 Å². The molecule has 3 aliphatic rings. The van der Waals surface area contributed by atoms with Gasteiger partial charge in [0.1, 0.15) is 10.6 Å². The normalized spacial score (nSPS) is 18.0. The lowest BCUT2D eigenvalue weighted by molar-refractivity contribution is 0.252. The lowest BCUT2D eigenvalue weighted by atomic mass is 9.79. The van der Waals surface area contributed by atoms with Crippen LogP contribution in [0.1, 0.15) is 24.0 Å². The number of urea groups is 1. The zero-order valence-corrected chi connectivity index (χ0v) is 18.7. The zero-order valence-electron chi connectivity index (χ0n) is 17.9. The van der Waals surface area contributed by atoms with Crippen LogP contribution in [0.25, 0.3) is 11.3 Å². The summed E-state index contributed by atoms with van der Waals surface area (Å²) in [5.74, 6) is 0.985. The quantitative estimate of drug-likeness (QED) is 0.597. The van der Waals surface area contributed by atoms with Gasteiger partial charge >= 0.3 is 6.03 Å². The third-order valence-corrected chi connectivity index (χ3v) is 8.11. The Hall–Kier alpha value is -3.53. The van der Waals surface area contributed by atoms with Gasteiger partial charge in [-0.2, -0.15) is 0 Å². The van der Waals surface area contributed by atoms with Gasteiger partial charge in [0.05, 0.1) is 7.11 Å². The molecule has 1 saturated carbocycles.